The maximum absolute atomic E-state index is 8.89. The van der Waals surface area contributed by atoms with Gasteiger partial charge in [0, 0.05) is 19.3 Å². The predicted octanol–water partition coefficient (Wildman–Crippen LogP) is 1.38. The van der Waals surface area contributed by atoms with Crippen molar-refractivity contribution in [3.63, 3.8) is 0 Å². The number of benzene rings is 1. The molecular weight excluding hydrogens is 180 g/mol. The molecule has 0 heterocycles. The summed E-state index contributed by atoms with van der Waals surface area (Å²) in [6, 6.07) is 5.80. The van der Waals surface area contributed by atoms with Crippen molar-refractivity contribution in [2.45, 2.75) is 13.0 Å². The zero-order chi connectivity index (χ0) is 10.4. The Morgan fingerprint density at radius 1 is 1.29 bits per heavy atom. The minimum atomic E-state index is 0.143. The van der Waals surface area contributed by atoms with Crippen molar-refractivity contribution in [1.29, 1.82) is 0 Å². The second-order valence-electron chi connectivity index (χ2n) is 3.00. The lowest BCUT2D eigenvalue weighted by Crippen LogP contribution is -2.01. The molecule has 0 fully saturated rings. The van der Waals surface area contributed by atoms with Crippen LogP contribution in [-0.4, -0.2) is 25.9 Å². The molecular formula is C11H16O3. The van der Waals surface area contributed by atoms with Crippen molar-refractivity contribution in [1.82, 2.24) is 0 Å². The Labute approximate surface area is 84.3 Å². The molecule has 1 aromatic carbocycles. The summed E-state index contributed by atoms with van der Waals surface area (Å²) in [6.45, 7) is 0.656. The van der Waals surface area contributed by atoms with Crippen LogP contribution < -0.4 is 4.74 Å². The number of rotatable bonds is 5. The van der Waals surface area contributed by atoms with Gasteiger partial charge in [0.05, 0.1) is 13.7 Å². The second kappa shape index (κ2) is 5.62. The fraction of sp³-hybridized carbons (Fsp3) is 0.455. The van der Waals surface area contributed by atoms with Gasteiger partial charge < -0.3 is 14.6 Å². The summed E-state index contributed by atoms with van der Waals surface area (Å²) < 4.78 is 10.3. The summed E-state index contributed by atoms with van der Waals surface area (Å²) in [6.07, 6.45) is 0.635. The van der Waals surface area contributed by atoms with Crippen LogP contribution in [-0.2, 0) is 17.8 Å². The molecule has 1 N–H and O–H groups in total. The third-order valence-corrected chi connectivity index (χ3v) is 2.12. The standard InChI is InChI=1S/C11H16O3/c1-13-8-10-9(6-7-12)4-3-5-11(10)14-2/h3-5,12H,6-8H2,1-2H3. The lowest BCUT2D eigenvalue weighted by atomic mass is 10.0. The zero-order valence-electron chi connectivity index (χ0n) is 8.62. The second-order valence-corrected chi connectivity index (χ2v) is 3.00. The Balaban J connectivity index is 3.00. The molecule has 0 atom stereocenters. The molecule has 0 aliphatic heterocycles. The predicted molar refractivity (Wildman–Crippen MR) is 54.5 cm³/mol. The van der Waals surface area contributed by atoms with Gasteiger partial charge in [0.25, 0.3) is 0 Å². The number of aliphatic hydroxyl groups is 1. The highest BCUT2D eigenvalue weighted by atomic mass is 16.5. The van der Waals surface area contributed by atoms with E-state index in [-0.39, 0.29) is 6.61 Å². The van der Waals surface area contributed by atoms with E-state index in [4.69, 9.17) is 14.6 Å². The fourth-order valence-corrected chi connectivity index (χ4v) is 1.47. The lowest BCUT2D eigenvalue weighted by Gasteiger charge is -2.12. The van der Waals surface area contributed by atoms with Gasteiger partial charge in [-0.1, -0.05) is 12.1 Å². The highest BCUT2D eigenvalue weighted by Gasteiger charge is 2.07. The average molecular weight is 196 g/mol. The smallest absolute Gasteiger partial charge is 0.124 e. The van der Waals surface area contributed by atoms with Crippen LogP contribution in [0.15, 0.2) is 18.2 Å². The van der Waals surface area contributed by atoms with Gasteiger partial charge in [0.15, 0.2) is 0 Å². The Bertz CT molecular complexity index is 284. The summed E-state index contributed by atoms with van der Waals surface area (Å²) in [5.74, 6) is 0.817. The molecule has 0 aliphatic rings. The molecule has 0 bridgehead atoms. The van der Waals surface area contributed by atoms with E-state index in [9.17, 15) is 0 Å². The number of hydrogen-bond donors (Lipinski definition) is 1. The lowest BCUT2D eigenvalue weighted by molar-refractivity contribution is 0.180. The van der Waals surface area contributed by atoms with Gasteiger partial charge in [-0.3, -0.25) is 0 Å². The summed E-state index contributed by atoms with van der Waals surface area (Å²) in [7, 11) is 3.28. The van der Waals surface area contributed by atoms with Crippen molar-refractivity contribution in [3.8, 4) is 5.75 Å². The van der Waals surface area contributed by atoms with Crippen molar-refractivity contribution in [2.24, 2.45) is 0 Å². The van der Waals surface area contributed by atoms with Gasteiger partial charge in [0.1, 0.15) is 5.75 Å². The van der Waals surface area contributed by atoms with E-state index in [1.807, 2.05) is 18.2 Å². The molecule has 1 rings (SSSR count). The molecule has 0 amide bonds. The topological polar surface area (TPSA) is 38.7 Å². The van der Waals surface area contributed by atoms with Gasteiger partial charge in [-0.25, -0.2) is 0 Å². The SMILES string of the molecule is COCc1c(CCO)cccc1OC. The normalized spacial score (nSPS) is 10.2. The minimum Gasteiger partial charge on any atom is -0.496 e. The first-order chi connectivity index (χ1) is 6.83. The number of hydrogen-bond acceptors (Lipinski definition) is 3. The summed E-state index contributed by atoms with van der Waals surface area (Å²) >= 11 is 0. The number of ether oxygens (including phenoxy) is 2. The first-order valence-electron chi connectivity index (χ1n) is 4.58. The molecule has 0 aliphatic carbocycles. The Kier molecular flexibility index (Phi) is 4.43. The van der Waals surface area contributed by atoms with Gasteiger partial charge >= 0.3 is 0 Å². The molecule has 78 valence electrons. The van der Waals surface area contributed by atoms with E-state index in [1.54, 1.807) is 14.2 Å². The summed E-state index contributed by atoms with van der Waals surface area (Å²) in [5.41, 5.74) is 2.10. The Hall–Kier alpha value is -1.06. The molecule has 0 spiro atoms. The molecule has 0 aromatic heterocycles. The molecule has 14 heavy (non-hydrogen) atoms. The Morgan fingerprint density at radius 2 is 2.07 bits per heavy atom. The Morgan fingerprint density at radius 3 is 2.64 bits per heavy atom. The maximum Gasteiger partial charge on any atom is 0.124 e. The number of methoxy groups -OCH3 is 2. The molecule has 1 aromatic rings. The van der Waals surface area contributed by atoms with Crippen LogP contribution in [0.5, 0.6) is 5.75 Å². The van der Waals surface area contributed by atoms with Crippen LogP contribution >= 0.6 is 0 Å². The third-order valence-electron chi connectivity index (χ3n) is 2.12. The van der Waals surface area contributed by atoms with Crippen molar-refractivity contribution >= 4 is 0 Å². The van der Waals surface area contributed by atoms with Crippen molar-refractivity contribution in [3.05, 3.63) is 29.3 Å². The van der Waals surface area contributed by atoms with Crippen LogP contribution in [0.25, 0.3) is 0 Å². The monoisotopic (exact) mass is 196 g/mol. The molecule has 3 nitrogen and oxygen atoms in total. The zero-order valence-corrected chi connectivity index (χ0v) is 8.62. The first-order valence-corrected chi connectivity index (χ1v) is 4.58. The summed E-state index contributed by atoms with van der Waals surface area (Å²) in [4.78, 5) is 0. The molecule has 0 unspecified atom stereocenters. The van der Waals surface area contributed by atoms with Crippen LogP contribution in [0.3, 0.4) is 0 Å². The largest absolute Gasteiger partial charge is 0.496 e. The van der Waals surface area contributed by atoms with Crippen LogP contribution in [0, 0.1) is 0 Å². The van der Waals surface area contributed by atoms with Gasteiger partial charge in [-0.05, 0) is 18.1 Å². The van der Waals surface area contributed by atoms with Crippen molar-refractivity contribution < 1.29 is 14.6 Å². The quantitative estimate of drug-likeness (QED) is 0.773. The van der Waals surface area contributed by atoms with Crippen LogP contribution in [0.1, 0.15) is 11.1 Å². The van der Waals surface area contributed by atoms with Crippen LogP contribution in [0.4, 0.5) is 0 Å². The van der Waals surface area contributed by atoms with Crippen LogP contribution in [0.2, 0.25) is 0 Å². The van der Waals surface area contributed by atoms with Gasteiger partial charge in [-0.15, -0.1) is 0 Å². The summed E-state index contributed by atoms with van der Waals surface area (Å²) in [5, 5.41) is 8.89. The van der Waals surface area contributed by atoms with E-state index in [0.29, 0.717) is 13.0 Å². The van der Waals surface area contributed by atoms with E-state index in [0.717, 1.165) is 16.9 Å². The molecule has 0 saturated heterocycles. The van der Waals surface area contributed by atoms with Crippen molar-refractivity contribution in [2.75, 3.05) is 20.8 Å². The average Bonchev–Trinajstić information content (AvgIpc) is 2.21. The third kappa shape index (κ3) is 2.47. The highest BCUT2D eigenvalue weighted by Crippen LogP contribution is 2.23. The maximum atomic E-state index is 8.89. The van der Waals surface area contributed by atoms with Gasteiger partial charge in [-0.2, -0.15) is 0 Å². The molecule has 3 heteroatoms. The molecule has 0 saturated carbocycles. The molecule has 0 radical (unpaired) electrons. The fourth-order valence-electron chi connectivity index (χ4n) is 1.47. The highest BCUT2D eigenvalue weighted by molar-refractivity contribution is 5.40. The van der Waals surface area contributed by atoms with E-state index >= 15 is 0 Å². The van der Waals surface area contributed by atoms with E-state index in [1.165, 1.54) is 0 Å². The van der Waals surface area contributed by atoms with Gasteiger partial charge in [0.2, 0.25) is 0 Å². The van der Waals surface area contributed by atoms with E-state index in [2.05, 4.69) is 0 Å². The first kappa shape index (κ1) is 11.0. The number of aliphatic hydroxyl groups excluding tert-OH is 1. The minimum absolute atomic E-state index is 0.143. The van der Waals surface area contributed by atoms with E-state index < -0.39 is 0 Å².